The number of rotatable bonds is 5. The number of nitrogens with zero attached hydrogens (tertiary/aromatic N) is 5. The maximum Gasteiger partial charge on any atom is 0.276 e. The van der Waals surface area contributed by atoms with E-state index in [2.05, 4.69) is 10.3 Å². The number of carbonyl (C=O) groups is 1. The van der Waals surface area contributed by atoms with Crippen molar-refractivity contribution in [1.82, 2.24) is 24.2 Å². The molecule has 5 rings (SSSR count). The summed E-state index contributed by atoms with van der Waals surface area (Å²) >= 11 is 0. The van der Waals surface area contributed by atoms with Gasteiger partial charge in [-0.2, -0.15) is 4.31 Å². The molecule has 0 radical (unpaired) electrons. The molecule has 8 nitrogen and oxygen atoms in total. The molecule has 1 aromatic heterocycles. The number of benzene rings is 1. The molecule has 2 atom stereocenters. The Labute approximate surface area is 181 Å². The molecule has 0 spiro atoms. The first-order chi connectivity index (χ1) is 14.9. The van der Waals surface area contributed by atoms with Crippen molar-refractivity contribution in [2.45, 2.75) is 62.2 Å². The zero-order valence-corrected chi connectivity index (χ0v) is 18.1. The Bertz CT molecular complexity index is 1100. The number of halogens is 1. The average Bonchev–Trinajstić information content (AvgIpc) is 3.54. The lowest BCUT2D eigenvalue weighted by Crippen LogP contribution is -2.38. The Morgan fingerprint density at radius 1 is 1.13 bits per heavy atom. The van der Waals surface area contributed by atoms with Crippen molar-refractivity contribution in [3.05, 3.63) is 41.2 Å². The van der Waals surface area contributed by atoms with Crippen LogP contribution in [0.25, 0.3) is 0 Å². The van der Waals surface area contributed by atoms with E-state index < -0.39 is 22.2 Å². The molecule has 166 valence electrons. The third kappa shape index (κ3) is 3.87. The van der Waals surface area contributed by atoms with Gasteiger partial charge in [0.15, 0.2) is 5.69 Å². The van der Waals surface area contributed by atoms with Crippen molar-refractivity contribution < 1.29 is 17.6 Å². The topological polar surface area (TPSA) is 88.4 Å². The zero-order valence-electron chi connectivity index (χ0n) is 17.3. The van der Waals surface area contributed by atoms with E-state index in [0.717, 1.165) is 37.7 Å². The van der Waals surface area contributed by atoms with Crippen LogP contribution in [0.3, 0.4) is 0 Å². The third-order valence-corrected chi connectivity index (χ3v) is 8.45. The molecule has 1 amide bonds. The van der Waals surface area contributed by atoms with Gasteiger partial charge >= 0.3 is 0 Å². The molecule has 3 heterocycles. The highest BCUT2D eigenvalue weighted by atomic mass is 32.2. The van der Waals surface area contributed by atoms with Crippen LogP contribution in [0.15, 0.2) is 29.3 Å². The quantitative estimate of drug-likeness (QED) is 0.698. The standard InChI is InChI=1S/C21H26FN5O3S/c22-17-11-18(13-26-14-20(23-24-26)21(28)25-8-1-2-9-25)27(12-17)31(29,30)19-7-6-15-4-3-5-16(15)10-19/h6-7,10,14,17-18H,1-5,8-9,11-13H2. The average molecular weight is 448 g/mol. The molecule has 0 saturated carbocycles. The number of hydrogen-bond acceptors (Lipinski definition) is 5. The predicted octanol–water partition coefficient (Wildman–Crippen LogP) is 1.80. The fourth-order valence-corrected chi connectivity index (χ4v) is 6.62. The van der Waals surface area contributed by atoms with Gasteiger partial charge in [0.25, 0.3) is 5.91 Å². The SMILES string of the molecule is O=C(c1cn(CC2CC(F)CN2S(=O)(=O)c2ccc3c(c2)CCC3)nn1)N1CCCC1. The summed E-state index contributed by atoms with van der Waals surface area (Å²) in [4.78, 5) is 14.5. The summed E-state index contributed by atoms with van der Waals surface area (Å²) in [6.45, 7) is 1.42. The molecule has 2 saturated heterocycles. The number of aromatic nitrogens is 3. The minimum absolute atomic E-state index is 0.0967. The molecule has 31 heavy (non-hydrogen) atoms. The van der Waals surface area contributed by atoms with Crippen LogP contribution >= 0.6 is 0 Å². The molecule has 2 fully saturated rings. The Morgan fingerprint density at radius 3 is 2.71 bits per heavy atom. The lowest BCUT2D eigenvalue weighted by atomic mass is 10.1. The zero-order chi connectivity index (χ0) is 21.6. The number of hydrogen-bond donors (Lipinski definition) is 0. The van der Waals surface area contributed by atoms with Crippen LogP contribution in [0.1, 0.15) is 47.3 Å². The molecular weight excluding hydrogens is 421 g/mol. The first-order valence-corrected chi connectivity index (χ1v) is 12.3. The van der Waals surface area contributed by atoms with Gasteiger partial charge in [0.1, 0.15) is 6.17 Å². The molecule has 10 heteroatoms. The summed E-state index contributed by atoms with van der Waals surface area (Å²) in [6.07, 6.45) is 5.24. The van der Waals surface area contributed by atoms with Crippen molar-refractivity contribution in [3.63, 3.8) is 0 Å². The second-order valence-electron chi connectivity index (χ2n) is 8.67. The second-order valence-corrected chi connectivity index (χ2v) is 10.6. The number of carbonyl (C=O) groups excluding carboxylic acids is 1. The van der Waals surface area contributed by atoms with Crippen LogP contribution in [-0.2, 0) is 29.4 Å². The van der Waals surface area contributed by atoms with Gasteiger partial charge in [0, 0.05) is 25.7 Å². The highest BCUT2D eigenvalue weighted by Crippen LogP contribution is 2.31. The molecule has 2 aliphatic heterocycles. The van der Waals surface area contributed by atoms with Crippen LogP contribution in [0.5, 0.6) is 0 Å². The number of amides is 1. The fourth-order valence-electron chi connectivity index (χ4n) is 4.92. The Kier molecular flexibility index (Phi) is 5.29. The van der Waals surface area contributed by atoms with Gasteiger partial charge < -0.3 is 4.90 Å². The van der Waals surface area contributed by atoms with Crippen LogP contribution in [-0.4, -0.2) is 70.4 Å². The van der Waals surface area contributed by atoms with Crippen molar-refractivity contribution in [2.75, 3.05) is 19.6 Å². The highest BCUT2D eigenvalue weighted by Gasteiger charge is 2.41. The Balaban J connectivity index is 1.35. The van der Waals surface area contributed by atoms with Crippen molar-refractivity contribution in [2.24, 2.45) is 0 Å². The summed E-state index contributed by atoms with van der Waals surface area (Å²) in [6, 6.07) is 4.66. The monoisotopic (exact) mass is 447 g/mol. The lowest BCUT2D eigenvalue weighted by Gasteiger charge is -2.23. The summed E-state index contributed by atoms with van der Waals surface area (Å²) < 4.78 is 43.7. The van der Waals surface area contributed by atoms with Crippen molar-refractivity contribution in [1.29, 1.82) is 0 Å². The highest BCUT2D eigenvalue weighted by molar-refractivity contribution is 7.89. The first kappa shape index (κ1) is 20.6. The number of sulfonamides is 1. The van der Waals surface area contributed by atoms with E-state index in [1.807, 2.05) is 6.07 Å². The van der Waals surface area contributed by atoms with Crippen LogP contribution in [0.4, 0.5) is 4.39 Å². The van der Waals surface area contributed by atoms with E-state index in [1.54, 1.807) is 17.0 Å². The molecule has 1 aromatic carbocycles. The van der Waals surface area contributed by atoms with Gasteiger partial charge in [0.05, 0.1) is 17.6 Å². The van der Waals surface area contributed by atoms with Gasteiger partial charge in [-0.3, -0.25) is 9.48 Å². The first-order valence-electron chi connectivity index (χ1n) is 10.9. The van der Waals surface area contributed by atoms with Crippen LogP contribution in [0.2, 0.25) is 0 Å². The minimum Gasteiger partial charge on any atom is -0.337 e. The van der Waals surface area contributed by atoms with Gasteiger partial charge in [0.2, 0.25) is 10.0 Å². The smallest absolute Gasteiger partial charge is 0.276 e. The molecule has 2 unspecified atom stereocenters. The van der Waals surface area contributed by atoms with Crippen molar-refractivity contribution >= 4 is 15.9 Å². The van der Waals surface area contributed by atoms with E-state index in [4.69, 9.17) is 0 Å². The Hall–Kier alpha value is -2.33. The van der Waals surface area contributed by atoms with E-state index in [9.17, 15) is 17.6 Å². The molecule has 1 aliphatic carbocycles. The maximum absolute atomic E-state index is 14.3. The van der Waals surface area contributed by atoms with Crippen LogP contribution < -0.4 is 0 Å². The normalized spacial score (nSPS) is 24.1. The third-order valence-electron chi connectivity index (χ3n) is 6.54. The van der Waals surface area contributed by atoms with Gasteiger partial charge in [-0.15, -0.1) is 5.10 Å². The Morgan fingerprint density at radius 2 is 1.90 bits per heavy atom. The summed E-state index contributed by atoms with van der Waals surface area (Å²) in [5.74, 6) is -0.166. The van der Waals surface area contributed by atoms with Crippen molar-refractivity contribution in [3.8, 4) is 0 Å². The van der Waals surface area contributed by atoms with E-state index in [1.165, 1.54) is 20.7 Å². The molecule has 0 N–H and O–H groups in total. The van der Waals surface area contributed by atoms with E-state index in [0.29, 0.717) is 13.1 Å². The second kappa shape index (κ2) is 7.98. The minimum atomic E-state index is -3.83. The van der Waals surface area contributed by atoms with E-state index in [-0.39, 0.29) is 36.0 Å². The van der Waals surface area contributed by atoms with E-state index >= 15 is 0 Å². The van der Waals surface area contributed by atoms with Crippen LogP contribution in [0, 0.1) is 0 Å². The predicted molar refractivity (Wildman–Crippen MR) is 111 cm³/mol. The summed E-state index contributed by atoms with van der Waals surface area (Å²) in [7, 11) is -3.83. The summed E-state index contributed by atoms with van der Waals surface area (Å²) in [5.41, 5.74) is 2.50. The molecular formula is C21H26FN5O3S. The summed E-state index contributed by atoms with van der Waals surface area (Å²) in [5, 5.41) is 7.98. The largest absolute Gasteiger partial charge is 0.337 e. The molecule has 2 aromatic rings. The van der Waals surface area contributed by atoms with Gasteiger partial charge in [-0.05, 0) is 61.8 Å². The fraction of sp³-hybridized carbons (Fsp3) is 0.571. The van der Waals surface area contributed by atoms with Gasteiger partial charge in [-0.1, -0.05) is 11.3 Å². The molecule has 0 bridgehead atoms. The number of aryl methyl sites for hydroxylation is 2. The lowest BCUT2D eigenvalue weighted by molar-refractivity contribution is 0.0787. The number of alkyl halides is 1. The number of fused-ring (bicyclic) bond motifs is 1. The van der Waals surface area contributed by atoms with Gasteiger partial charge in [-0.25, -0.2) is 12.8 Å². The maximum atomic E-state index is 14.3. The molecule has 3 aliphatic rings. The number of likely N-dealkylation sites (tertiary alicyclic amines) is 1.